The molecule has 0 radical (unpaired) electrons. The number of hydrogen-bond acceptors (Lipinski definition) is 0. The molecule has 2 aromatic carbocycles. The van der Waals surface area contributed by atoms with E-state index in [0.29, 0.717) is 12.1 Å². The van der Waals surface area contributed by atoms with Crippen molar-refractivity contribution in [2.45, 2.75) is 21.0 Å². The molecule has 0 aliphatic carbocycles. The van der Waals surface area contributed by atoms with Crippen molar-refractivity contribution in [1.29, 1.82) is 0 Å². The average molecular weight is 525 g/mol. The van der Waals surface area contributed by atoms with E-state index in [1.165, 1.54) is 0 Å². The third-order valence-electron chi connectivity index (χ3n) is 3.66. The van der Waals surface area contributed by atoms with Crippen molar-refractivity contribution >= 4 is 69.6 Å². The Morgan fingerprint density at radius 2 is 0.821 bits per heavy atom. The van der Waals surface area contributed by atoms with E-state index in [0.717, 1.165) is 24.3 Å². The van der Waals surface area contributed by atoms with Gasteiger partial charge in [-0.1, -0.05) is 81.7 Å². The van der Waals surface area contributed by atoms with Crippen molar-refractivity contribution in [2.24, 2.45) is 0 Å². The number of rotatable bonds is 3. The van der Waals surface area contributed by atoms with Gasteiger partial charge in [-0.05, 0) is 35.4 Å². The fourth-order valence-corrected chi connectivity index (χ4v) is 3.59. The lowest BCUT2D eigenvalue weighted by molar-refractivity contribution is -0.138. The summed E-state index contributed by atoms with van der Waals surface area (Å²) in [4.78, 5) is 0. The summed E-state index contributed by atoms with van der Waals surface area (Å²) in [6, 6.07) is 4.82. The van der Waals surface area contributed by atoms with Gasteiger partial charge >= 0.3 is 12.4 Å². The van der Waals surface area contributed by atoms with E-state index < -0.39 is 53.3 Å². The predicted octanol–water partition coefficient (Wildman–Crippen LogP) is 8.99. The SMILES string of the molecule is FC(F)(F)c1cc(C(Cl)(Cl)C(Cl)(Cl)c2ccc(Cl)c(C(F)(F)F)c2)ccc1Cl. The fourth-order valence-electron chi connectivity index (χ4n) is 2.24. The van der Waals surface area contributed by atoms with Gasteiger partial charge in [-0.25, -0.2) is 0 Å². The topological polar surface area (TPSA) is 0 Å². The highest BCUT2D eigenvalue weighted by atomic mass is 35.5. The number of hydrogen-bond donors (Lipinski definition) is 0. The van der Waals surface area contributed by atoms with Gasteiger partial charge in [0.1, 0.15) is 0 Å². The summed E-state index contributed by atoms with van der Waals surface area (Å²) < 4.78 is 73.6. The summed E-state index contributed by atoms with van der Waals surface area (Å²) in [5.74, 6) is 0. The minimum atomic E-state index is -4.85. The van der Waals surface area contributed by atoms with Crippen LogP contribution in [0.3, 0.4) is 0 Å². The largest absolute Gasteiger partial charge is 0.417 e. The van der Waals surface area contributed by atoms with Crippen LogP contribution in [0.15, 0.2) is 36.4 Å². The van der Waals surface area contributed by atoms with Crippen LogP contribution in [-0.2, 0) is 21.0 Å². The van der Waals surface area contributed by atoms with E-state index in [-0.39, 0.29) is 0 Å². The Morgan fingerprint density at radius 3 is 1.07 bits per heavy atom. The highest BCUT2D eigenvalue weighted by Gasteiger charge is 2.51. The van der Waals surface area contributed by atoms with Gasteiger partial charge in [0.2, 0.25) is 0 Å². The second-order valence-corrected chi connectivity index (χ2v) is 9.00. The van der Waals surface area contributed by atoms with Crippen LogP contribution in [0, 0.1) is 0 Å². The molecule has 0 spiro atoms. The zero-order valence-electron chi connectivity index (χ0n) is 13.0. The zero-order valence-corrected chi connectivity index (χ0v) is 17.5. The Bertz CT molecular complexity index is 815. The maximum absolute atomic E-state index is 13.1. The molecule has 0 aliphatic heterocycles. The lowest BCUT2D eigenvalue weighted by Gasteiger charge is -2.34. The summed E-state index contributed by atoms with van der Waals surface area (Å²) in [5, 5.41) is -1.28. The number of benzene rings is 2. The van der Waals surface area contributed by atoms with Crippen molar-refractivity contribution in [1.82, 2.24) is 0 Å². The molecule has 2 aromatic rings. The van der Waals surface area contributed by atoms with Crippen molar-refractivity contribution in [2.75, 3.05) is 0 Å². The van der Waals surface area contributed by atoms with Crippen LogP contribution in [-0.4, -0.2) is 0 Å². The first-order valence-electron chi connectivity index (χ1n) is 6.99. The normalized spacial score (nSPS) is 13.7. The Balaban J connectivity index is 2.62. The Hall–Kier alpha value is -0.240. The predicted molar refractivity (Wildman–Crippen MR) is 99.7 cm³/mol. The first kappa shape index (κ1) is 24.0. The van der Waals surface area contributed by atoms with Gasteiger partial charge in [0.15, 0.2) is 8.67 Å². The standard InChI is InChI=1S/C16H6Cl6F6/c17-11-3-1-7(5-9(11)15(23,24)25)13(19,20)14(21,22)8-2-4-12(18)10(6-8)16(26,27)28/h1-6H. The van der Waals surface area contributed by atoms with Gasteiger partial charge in [-0.2, -0.15) is 26.3 Å². The molecular formula is C16H6Cl6F6. The first-order chi connectivity index (χ1) is 12.5. The van der Waals surface area contributed by atoms with E-state index in [1.807, 2.05) is 0 Å². The molecule has 0 atom stereocenters. The van der Waals surface area contributed by atoms with Gasteiger partial charge in [0.25, 0.3) is 0 Å². The molecule has 12 heteroatoms. The molecule has 28 heavy (non-hydrogen) atoms. The summed E-state index contributed by atoms with van der Waals surface area (Å²) in [6.07, 6.45) is -9.69. The van der Waals surface area contributed by atoms with Crippen molar-refractivity contribution in [3.63, 3.8) is 0 Å². The molecule has 154 valence electrons. The number of halogens is 12. The molecule has 0 unspecified atom stereocenters. The highest BCUT2D eigenvalue weighted by molar-refractivity contribution is 6.61. The molecule has 0 aliphatic rings. The molecule has 0 nitrogen and oxygen atoms in total. The molecule has 0 saturated carbocycles. The van der Waals surface area contributed by atoms with Crippen molar-refractivity contribution in [3.8, 4) is 0 Å². The van der Waals surface area contributed by atoms with Crippen LogP contribution in [0.25, 0.3) is 0 Å². The van der Waals surface area contributed by atoms with Gasteiger partial charge < -0.3 is 0 Å². The van der Waals surface area contributed by atoms with Gasteiger partial charge in [-0.3, -0.25) is 0 Å². The van der Waals surface area contributed by atoms with Crippen LogP contribution >= 0.6 is 69.6 Å². The van der Waals surface area contributed by atoms with Crippen molar-refractivity contribution < 1.29 is 26.3 Å². The quantitative estimate of drug-likeness (QED) is 0.277. The molecule has 0 heterocycles. The molecule has 0 bridgehead atoms. The van der Waals surface area contributed by atoms with Crippen LogP contribution in [0.5, 0.6) is 0 Å². The molecular weight excluding hydrogens is 519 g/mol. The second kappa shape index (κ2) is 7.78. The Morgan fingerprint density at radius 1 is 0.536 bits per heavy atom. The van der Waals surface area contributed by atoms with Crippen molar-refractivity contribution in [3.05, 3.63) is 68.7 Å². The molecule has 0 aromatic heterocycles. The summed E-state index contributed by atoms with van der Waals surface area (Å²) in [5.41, 5.74) is -3.40. The molecule has 2 rings (SSSR count). The van der Waals surface area contributed by atoms with E-state index in [9.17, 15) is 26.3 Å². The monoisotopic (exact) mass is 522 g/mol. The third kappa shape index (κ3) is 4.57. The van der Waals surface area contributed by atoms with Crippen LogP contribution in [0.2, 0.25) is 10.0 Å². The van der Waals surface area contributed by atoms with E-state index in [1.54, 1.807) is 0 Å². The molecule has 0 amide bonds. The van der Waals surface area contributed by atoms with Crippen LogP contribution < -0.4 is 0 Å². The smallest absolute Gasteiger partial charge is 0.166 e. The molecule has 0 N–H and O–H groups in total. The van der Waals surface area contributed by atoms with Gasteiger partial charge in [0, 0.05) is 0 Å². The lowest BCUT2D eigenvalue weighted by atomic mass is 9.98. The molecule has 0 fully saturated rings. The first-order valence-corrected chi connectivity index (χ1v) is 9.26. The third-order valence-corrected chi connectivity index (χ3v) is 6.72. The summed E-state index contributed by atoms with van der Waals surface area (Å²) >= 11 is 35.7. The highest BCUT2D eigenvalue weighted by Crippen LogP contribution is 2.57. The minimum Gasteiger partial charge on any atom is -0.166 e. The zero-order chi connectivity index (χ0) is 21.7. The van der Waals surface area contributed by atoms with Crippen LogP contribution in [0.4, 0.5) is 26.3 Å². The second-order valence-electron chi connectivity index (χ2n) is 5.53. The Labute approximate surface area is 185 Å². The maximum Gasteiger partial charge on any atom is 0.417 e. The van der Waals surface area contributed by atoms with Gasteiger partial charge in [0.05, 0.1) is 21.2 Å². The lowest BCUT2D eigenvalue weighted by Crippen LogP contribution is -2.32. The number of alkyl halides is 10. The van der Waals surface area contributed by atoms with E-state index >= 15 is 0 Å². The van der Waals surface area contributed by atoms with E-state index in [2.05, 4.69) is 0 Å². The maximum atomic E-state index is 13.1. The fraction of sp³-hybridized carbons (Fsp3) is 0.250. The van der Waals surface area contributed by atoms with Crippen LogP contribution in [0.1, 0.15) is 22.3 Å². The van der Waals surface area contributed by atoms with Gasteiger partial charge in [-0.15, -0.1) is 0 Å². The average Bonchev–Trinajstić information content (AvgIpc) is 2.52. The van der Waals surface area contributed by atoms with E-state index in [4.69, 9.17) is 69.6 Å². The minimum absolute atomic E-state index is 0.430. The molecule has 0 saturated heterocycles. The Kier molecular flexibility index (Phi) is 6.68. The summed E-state index contributed by atoms with van der Waals surface area (Å²) in [7, 11) is 0. The summed E-state index contributed by atoms with van der Waals surface area (Å²) in [6.45, 7) is 0.